The van der Waals surface area contributed by atoms with E-state index in [1.807, 2.05) is 6.07 Å². The van der Waals surface area contributed by atoms with Crippen LogP contribution in [-0.4, -0.2) is 65.1 Å². The van der Waals surface area contributed by atoms with E-state index in [1.54, 1.807) is 72.7 Å². The van der Waals surface area contributed by atoms with E-state index < -0.39 is 60.0 Å². The number of carbonyl (C=O) groups is 4. The molecular weight excluding hydrogens is 458 g/mol. The van der Waals surface area contributed by atoms with Crippen LogP contribution in [-0.2, 0) is 30.4 Å². The summed E-state index contributed by atoms with van der Waals surface area (Å²) in [4.78, 5) is 49.0. The van der Waals surface area contributed by atoms with E-state index in [0.717, 1.165) is 5.56 Å². The Kier molecular flexibility index (Phi) is 11.0. The number of hydrogen-bond donors (Lipinski definition) is 4. The number of nitrogens with one attached hydrogen (secondary N) is 3. The summed E-state index contributed by atoms with van der Waals surface area (Å²) >= 11 is 0. The van der Waals surface area contributed by atoms with Crippen molar-refractivity contribution in [1.29, 1.82) is 0 Å². The van der Waals surface area contributed by atoms with Gasteiger partial charge in [0.2, 0.25) is 5.91 Å². The summed E-state index contributed by atoms with van der Waals surface area (Å²) < 4.78 is 16.1. The van der Waals surface area contributed by atoms with Gasteiger partial charge in [0, 0.05) is 0 Å². The molecule has 1 aromatic rings. The summed E-state index contributed by atoms with van der Waals surface area (Å²) in [5.74, 6) is -2.21. The van der Waals surface area contributed by atoms with Gasteiger partial charge >= 0.3 is 18.2 Å². The van der Waals surface area contributed by atoms with E-state index in [0.29, 0.717) is 0 Å². The van der Waals surface area contributed by atoms with Gasteiger partial charge in [0.1, 0.15) is 24.3 Å². The minimum Gasteiger partial charge on any atom is -0.480 e. The van der Waals surface area contributed by atoms with Crippen molar-refractivity contribution in [3.05, 3.63) is 35.9 Å². The van der Waals surface area contributed by atoms with Crippen LogP contribution in [0.3, 0.4) is 0 Å². The molecule has 0 aliphatic rings. The van der Waals surface area contributed by atoms with Gasteiger partial charge < -0.3 is 35.3 Å². The molecule has 0 aromatic heterocycles. The van der Waals surface area contributed by atoms with E-state index in [9.17, 15) is 24.3 Å². The molecule has 4 N–H and O–H groups in total. The zero-order valence-electron chi connectivity index (χ0n) is 21.3. The predicted molar refractivity (Wildman–Crippen MR) is 128 cm³/mol. The molecule has 0 aliphatic heterocycles. The number of aliphatic carboxylic acids is 1. The molecule has 0 heterocycles. The lowest BCUT2D eigenvalue weighted by atomic mass is 10.1. The summed E-state index contributed by atoms with van der Waals surface area (Å²) in [6, 6.07) is 6.21. The molecule has 0 radical (unpaired) electrons. The molecule has 11 nitrogen and oxygen atoms in total. The fourth-order valence-corrected chi connectivity index (χ4v) is 2.87. The highest BCUT2D eigenvalue weighted by Gasteiger charge is 2.34. The minimum absolute atomic E-state index is 0.0208. The number of carbonyl (C=O) groups excluding carboxylic acids is 3. The van der Waals surface area contributed by atoms with E-state index >= 15 is 0 Å². The fraction of sp³-hybridized carbons (Fsp3) is 0.583. The number of ether oxygens (including phenoxy) is 3. The third kappa shape index (κ3) is 12.6. The van der Waals surface area contributed by atoms with Crippen LogP contribution in [0.2, 0.25) is 0 Å². The van der Waals surface area contributed by atoms with Crippen LogP contribution in [0.25, 0.3) is 0 Å². The molecule has 0 bridgehead atoms. The SMILES string of the molecule is CC(OC(C)(C)C)C(NC(=O)OCc1ccccc1)C(=O)N[C@@H](CNC(=O)OC(C)(C)C)C(=O)O. The van der Waals surface area contributed by atoms with Crippen molar-refractivity contribution in [3.8, 4) is 0 Å². The Morgan fingerprint density at radius 2 is 1.51 bits per heavy atom. The molecule has 3 atom stereocenters. The topological polar surface area (TPSA) is 152 Å². The third-order valence-electron chi connectivity index (χ3n) is 4.24. The van der Waals surface area contributed by atoms with Crippen LogP contribution in [0.5, 0.6) is 0 Å². The van der Waals surface area contributed by atoms with Crippen molar-refractivity contribution in [2.75, 3.05) is 6.54 Å². The third-order valence-corrected chi connectivity index (χ3v) is 4.24. The molecule has 1 rings (SSSR count). The highest BCUT2D eigenvalue weighted by molar-refractivity contribution is 5.90. The number of rotatable bonds is 10. The Morgan fingerprint density at radius 1 is 0.914 bits per heavy atom. The van der Waals surface area contributed by atoms with Gasteiger partial charge in [-0.1, -0.05) is 30.3 Å². The first kappa shape index (κ1) is 29.7. The van der Waals surface area contributed by atoms with Crippen LogP contribution in [0.15, 0.2) is 30.3 Å². The standard InChI is InChI=1S/C24H37N3O8/c1-15(34-23(2,3)4)18(27-22(32)33-14-16-11-9-8-10-12-16)19(28)26-17(20(29)30)13-25-21(31)35-24(5,6)7/h8-12,15,17-18H,13-14H2,1-7H3,(H,25,31)(H,26,28)(H,27,32)(H,29,30)/t15?,17-,18?/m0/s1. The molecule has 0 saturated carbocycles. The molecule has 3 amide bonds. The maximum atomic E-state index is 13.0. The number of amides is 3. The van der Waals surface area contributed by atoms with Crippen molar-refractivity contribution >= 4 is 24.1 Å². The van der Waals surface area contributed by atoms with Crippen LogP contribution in [0.4, 0.5) is 9.59 Å². The fourth-order valence-electron chi connectivity index (χ4n) is 2.87. The van der Waals surface area contributed by atoms with Crippen LogP contribution in [0, 0.1) is 0 Å². The van der Waals surface area contributed by atoms with Gasteiger partial charge in [-0.25, -0.2) is 14.4 Å². The van der Waals surface area contributed by atoms with Gasteiger partial charge in [0.05, 0.1) is 18.2 Å². The lowest BCUT2D eigenvalue weighted by molar-refractivity contribution is -0.143. The summed E-state index contributed by atoms with van der Waals surface area (Å²) in [5.41, 5.74) is -0.680. The van der Waals surface area contributed by atoms with Gasteiger partial charge in [-0.3, -0.25) is 4.79 Å². The molecule has 0 spiro atoms. The molecule has 1 aromatic carbocycles. The number of carboxylic acids is 1. The highest BCUT2D eigenvalue weighted by Crippen LogP contribution is 2.14. The molecule has 35 heavy (non-hydrogen) atoms. The van der Waals surface area contributed by atoms with Gasteiger partial charge in [-0.2, -0.15) is 0 Å². The van der Waals surface area contributed by atoms with Crippen molar-refractivity contribution in [2.45, 2.75) is 84.5 Å². The maximum Gasteiger partial charge on any atom is 0.408 e. The maximum absolute atomic E-state index is 13.0. The van der Waals surface area contributed by atoms with Crippen molar-refractivity contribution < 1.29 is 38.5 Å². The average molecular weight is 496 g/mol. The van der Waals surface area contributed by atoms with E-state index in [1.165, 1.54) is 0 Å². The van der Waals surface area contributed by atoms with Crippen LogP contribution < -0.4 is 16.0 Å². The normalized spacial score (nSPS) is 14.1. The van der Waals surface area contributed by atoms with Crippen LogP contribution in [0.1, 0.15) is 54.0 Å². The molecule has 0 aliphatic carbocycles. The first-order valence-electron chi connectivity index (χ1n) is 11.2. The Labute approximate surface area is 205 Å². The highest BCUT2D eigenvalue weighted by atomic mass is 16.6. The van der Waals surface area contributed by atoms with Gasteiger partial charge in [0.25, 0.3) is 0 Å². The van der Waals surface area contributed by atoms with Gasteiger partial charge in [0.15, 0.2) is 0 Å². The van der Waals surface area contributed by atoms with Crippen molar-refractivity contribution in [2.24, 2.45) is 0 Å². The second kappa shape index (κ2) is 12.9. The Morgan fingerprint density at radius 3 is 2.03 bits per heavy atom. The molecule has 11 heteroatoms. The lowest BCUT2D eigenvalue weighted by Crippen LogP contribution is -2.59. The average Bonchev–Trinajstić information content (AvgIpc) is 2.71. The summed E-state index contributed by atoms with van der Waals surface area (Å²) in [6.07, 6.45) is -2.55. The Balaban J connectivity index is 2.88. The largest absolute Gasteiger partial charge is 0.480 e. The van der Waals surface area contributed by atoms with E-state index in [-0.39, 0.29) is 6.61 Å². The van der Waals surface area contributed by atoms with Crippen molar-refractivity contribution in [3.63, 3.8) is 0 Å². The quantitative estimate of drug-likeness (QED) is 0.386. The number of hydrogen-bond acceptors (Lipinski definition) is 7. The van der Waals surface area contributed by atoms with E-state index in [4.69, 9.17) is 14.2 Å². The van der Waals surface area contributed by atoms with Gasteiger partial charge in [-0.05, 0) is 54.0 Å². The predicted octanol–water partition coefficient (Wildman–Crippen LogP) is 2.58. The Hall–Kier alpha value is -3.34. The molecule has 196 valence electrons. The second-order valence-corrected chi connectivity index (χ2v) is 9.90. The first-order valence-corrected chi connectivity index (χ1v) is 11.2. The monoisotopic (exact) mass is 495 g/mol. The first-order chi connectivity index (χ1) is 16.1. The molecule has 2 unspecified atom stereocenters. The molecular formula is C24H37N3O8. The zero-order valence-corrected chi connectivity index (χ0v) is 21.3. The van der Waals surface area contributed by atoms with Gasteiger partial charge in [-0.15, -0.1) is 0 Å². The number of benzene rings is 1. The smallest absolute Gasteiger partial charge is 0.408 e. The Bertz CT molecular complexity index is 862. The minimum atomic E-state index is -1.48. The second-order valence-electron chi connectivity index (χ2n) is 9.90. The molecule has 0 fully saturated rings. The summed E-state index contributed by atoms with van der Waals surface area (Å²) in [5, 5.41) is 16.6. The van der Waals surface area contributed by atoms with Crippen LogP contribution >= 0.6 is 0 Å². The summed E-state index contributed by atoms with van der Waals surface area (Å²) in [7, 11) is 0. The number of alkyl carbamates (subject to hydrolysis) is 2. The summed E-state index contributed by atoms with van der Waals surface area (Å²) in [6.45, 7) is 11.4. The van der Waals surface area contributed by atoms with Crippen molar-refractivity contribution in [1.82, 2.24) is 16.0 Å². The zero-order chi connectivity index (χ0) is 26.8. The molecule has 0 saturated heterocycles. The van der Waals surface area contributed by atoms with E-state index in [2.05, 4.69) is 16.0 Å². The lowest BCUT2D eigenvalue weighted by Gasteiger charge is -2.31. The number of carboxylic acid groups (broad SMARTS) is 1.